The van der Waals surface area contributed by atoms with E-state index >= 15 is 0 Å². The molecule has 1 aromatic rings. The van der Waals surface area contributed by atoms with E-state index in [0.717, 1.165) is 31.2 Å². The highest BCUT2D eigenvalue weighted by Gasteiger charge is 2.74. The fraction of sp³-hybridized carbons (Fsp3) is 0.567. The molecule has 8 nitrogen and oxygen atoms in total. The van der Waals surface area contributed by atoms with Crippen LogP contribution in [-0.2, 0) is 30.4 Å². The van der Waals surface area contributed by atoms with E-state index in [0.29, 0.717) is 39.1 Å². The Morgan fingerprint density at radius 1 is 0.974 bits per heavy atom. The van der Waals surface area contributed by atoms with Crippen molar-refractivity contribution in [2.24, 2.45) is 11.8 Å². The second kappa shape index (κ2) is 11.0. The minimum Gasteiger partial charge on any atom is -0.465 e. The van der Waals surface area contributed by atoms with Crippen LogP contribution < -0.4 is 0 Å². The molecule has 2 fully saturated rings. The first-order chi connectivity index (χ1) is 18.4. The molecule has 1 unspecified atom stereocenters. The van der Waals surface area contributed by atoms with Gasteiger partial charge in [-0.15, -0.1) is 0 Å². The summed E-state index contributed by atoms with van der Waals surface area (Å²) < 4.78 is 12.5. The number of nitrogens with zero attached hydrogens (tertiary/aromatic N) is 2. The van der Waals surface area contributed by atoms with Crippen LogP contribution >= 0.6 is 0 Å². The van der Waals surface area contributed by atoms with E-state index in [-0.39, 0.29) is 18.4 Å². The van der Waals surface area contributed by atoms with Crippen molar-refractivity contribution in [1.29, 1.82) is 0 Å². The van der Waals surface area contributed by atoms with Gasteiger partial charge in [0.25, 0.3) is 0 Å². The Balaban J connectivity index is 1.55. The molecule has 2 saturated heterocycles. The normalized spacial score (nSPS) is 33.8. The minimum absolute atomic E-state index is 0.0815. The molecule has 204 valence electrons. The van der Waals surface area contributed by atoms with Crippen LogP contribution in [0.5, 0.6) is 0 Å². The van der Waals surface area contributed by atoms with Crippen LogP contribution in [0.3, 0.4) is 0 Å². The number of aliphatic hydroxyl groups is 1. The number of hydrogen-bond donors (Lipinski definition) is 1. The van der Waals surface area contributed by atoms with E-state index in [9.17, 15) is 19.5 Å². The molecule has 1 N–H and O–H groups in total. The van der Waals surface area contributed by atoms with Gasteiger partial charge in [-0.2, -0.15) is 0 Å². The monoisotopic (exact) mass is 522 g/mol. The number of carbonyl (C=O) groups excluding carboxylic acids is 3. The van der Waals surface area contributed by atoms with Crippen LogP contribution in [0.15, 0.2) is 54.6 Å². The van der Waals surface area contributed by atoms with Crippen molar-refractivity contribution in [3.8, 4) is 0 Å². The second-order valence-corrected chi connectivity index (χ2v) is 11.0. The number of fused-ring (bicyclic) bond motifs is 2. The van der Waals surface area contributed by atoms with Gasteiger partial charge in [-0.1, -0.05) is 54.6 Å². The number of benzene rings is 1. The Kier molecular flexibility index (Phi) is 7.73. The zero-order valence-electron chi connectivity index (χ0n) is 22.1. The lowest BCUT2D eigenvalue weighted by Crippen LogP contribution is -2.55. The van der Waals surface area contributed by atoms with Gasteiger partial charge < -0.3 is 24.4 Å². The maximum Gasteiger partial charge on any atom is 0.313 e. The number of hydrogen-bond acceptors (Lipinski definition) is 6. The van der Waals surface area contributed by atoms with Gasteiger partial charge >= 0.3 is 5.97 Å². The predicted molar refractivity (Wildman–Crippen MR) is 141 cm³/mol. The third-order valence-corrected chi connectivity index (χ3v) is 8.36. The van der Waals surface area contributed by atoms with Crippen molar-refractivity contribution in [3.05, 3.63) is 60.2 Å². The molecule has 1 spiro atoms. The SMILES string of the molecule is C[C@]12/C=C\CCCCOC(=O)[C@H]1[C@H]1C(=O)N(CCCCCO)C3C(=O)N(Cc4ccccc4)CC=C[C@@]31O2. The standard InChI is InChI=1S/C30H38N2O6/c1-29-15-8-2-3-11-20-37-28(36)24(29)23-26(34)32(18-9-5-10-19-33)25-27(35)31(17-12-16-30(23,25)38-29)21-22-13-6-4-7-14-22/h4,6-8,12-16,23-25,33H,2-3,5,9-11,17-21H2,1H3/b15-8-/t23-,24+,25?,29-,30-/m0/s1. The van der Waals surface area contributed by atoms with Gasteiger partial charge in [-0.05, 0) is 51.0 Å². The number of aliphatic hydroxyl groups excluding tert-OH is 1. The molecule has 0 aromatic heterocycles. The molecule has 0 bridgehead atoms. The molecule has 4 aliphatic rings. The summed E-state index contributed by atoms with van der Waals surface area (Å²) >= 11 is 0. The van der Waals surface area contributed by atoms with Crippen LogP contribution in [0, 0.1) is 11.8 Å². The van der Waals surface area contributed by atoms with Crippen LogP contribution in [-0.4, -0.2) is 76.2 Å². The van der Waals surface area contributed by atoms with E-state index < -0.39 is 35.0 Å². The Morgan fingerprint density at radius 3 is 2.58 bits per heavy atom. The number of carbonyl (C=O) groups is 3. The first-order valence-corrected chi connectivity index (χ1v) is 13.9. The number of cyclic esters (lactones) is 1. The molecule has 4 aliphatic heterocycles. The molecular weight excluding hydrogens is 484 g/mol. The fourth-order valence-electron chi connectivity index (χ4n) is 6.60. The van der Waals surface area contributed by atoms with Gasteiger partial charge in [-0.25, -0.2) is 0 Å². The van der Waals surface area contributed by atoms with Crippen LogP contribution in [0.4, 0.5) is 0 Å². The van der Waals surface area contributed by atoms with E-state index in [4.69, 9.17) is 9.47 Å². The van der Waals surface area contributed by atoms with E-state index in [1.807, 2.05) is 61.6 Å². The summed E-state index contributed by atoms with van der Waals surface area (Å²) in [6.45, 7) is 3.38. The zero-order valence-corrected chi connectivity index (χ0v) is 22.1. The summed E-state index contributed by atoms with van der Waals surface area (Å²) in [4.78, 5) is 45.4. The fourth-order valence-corrected chi connectivity index (χ4v) is 6.60. The Morgan fingerprint density at radius 2 is 1.79 bits per heavy atom. The zero-order chi connectivity index (χ0) is 26.8. The van der Waals surface area contributed by atoms with Crippen molar-refractivity contribution in [2.75, 3.05) is 26.3 Å². The average Bonchev–Trinajstić information content (AvgIpc) is 3.24. The molecule has 5 atom stereocenters. The largest absolute Gasteiger partial charge is 0.465 e. The summed E-state index contributed by atoms with van der Waals surface area (Å²) in [5.41, 5.74) is -1.34. The molecule has 1 aromatic carbocycles. The van der Waals surface area contributed by atoms with Crippen LogP contribution in [0.2, 0.25) is 0 Å². The van der Waals surface area contributed by atoms with Crippen LogP contribution in [0.25, 0.3) is 0 Å². The maximum atomic E-state index is 14.3. The molecule has 2 amide bonds. The Hall–Kier alpha value is -2.97. The first kappa shape index (κ1) is 26.6. The molecule has 0 radical (unpaired) electrons. The van der Waals surface area contributed by atoms with Crippen molar-refractivity contribution < 1.29 is 29.0 Å². The number of ether oxygens (including phenoxy) is 2. The lowest BCUT2D eigenvalue weighted by atomic mass is 9.74. The number of amides is 2. The maximum absolute atomic E-state index is 14.3. The highest BCUT2D eigenvalue weighted by atomic mass is 16.6. The molecule has 0 aliphatic carbocycles. The smallest absolute Gasteiger partial charge is 0.313 e. The molecular formula is C30H38N2O6. The third-order valence-electron chi connectivity index (χ3n) is 8.36. The van der Waals surface area contributed by atoms with Gasteiger partial charge in [0.2, 0.25) is 11.8 Å². The molecule has 38 heavy (non-hydrogen) atoms. The predicted octanol–water partition coefficient (Wildman–Crippen LogP) is 3.00. The lowest BCUT2D eigenvalue weighted by Gasteiger charge is -2.37. The third kappa shape index (κ3) is 4.69. The second-order valence-electron chi connectivity index (χ2n) is 11.0. The molecule has 0 saturated carbocycles. The van der Waals surface area contributed by atoms with Gasteiger partial charge in [0, 0.05) is 26.2 Å². The summed E-state index contributed by atoms with van der Waals surface area (Å²) in [6.07, 6.45) is 12.2. The summed E-state index contributed by atoms with van der Waals surface area (Å²) in [5, 5.41) is 9.23. The molecule has 8 heteroatoms. The van der Waals surface area contributed by atoms with Crippen molar-refractivity contribution in [2.45, 2.75) is 69.2 Å². The number of likely N-dealkylation sites (tertiary alicyclic amines) is 1. The van der Waals surface area contributed by atoms with Gasteiger partial charge in [0.05, 0.1) is 18.1 Å². The Bertz CT molecular complexity index is 1100. The van der Waals surface area contributed by atoms with Gasteiger partial charge in [0.1, 0.15) is 17.6 Å². The summed E-state index contributed by atoms with van der Waals surface area (Å²) in [6, 6.07) is 8.90. The molecule has 5 rings (SSSR count). The van der Waals surface area contributed by atoms with E-state index in [2.05, 4.69) is 0 Å². The highest BCUT2D eigenvalue weighted by Crippen LogP contribution is 2.57. The van der Waals surface area contributed by atoms with Crippen molar-refractivity contribution >= 4 is 17.8 Å². The van der Waals surface area contributed by atoms with Gasteiger partial charge in [-0.3, -0.25) is 14.4 Å². The summed E-state index contributed by atoms with van der Waals surface area (Å²) in [5.74, 6) is -2.58. The van der Waals surface area contributed by atoms with Crippen LogP contribution in [0.1, 0.15) is 51.0 Å². The van der Waals surface area contributed by atoms with Crippen molar-refractivity contribution in [1.82, 2.24) is 9.80 Å². The number of unbranched alkanes of at least 4 members (excludes halogenated alkanes) is 2. The topological polar surface area (TPSA) is 96.4 Å². The quantitative estimate of drug-likeness (QED) is 0.336. The summed E-state index contributed by atoms with van der Waals surface area (Å²) in [7, 11) is 0. The number of allylic oxidation sites excluding steroid dienone is 1. The Labute approximate surface area is 224 Å². The van der Waals surface area contributed by atoms with E-state index in [1.54, 1.807) is 9.80 Å². The van der Waals surface area contributed by atoms with Gasteiger partial charge in [0.15, 0.2) is 0 Å². The highest BCUT2D eigenvalue weighted by molar-refractivity contribution is 5.99. The van der Waals surface area contributed by atoms with E-state index in [1.165, 1.54) is 0 Å². The first-order valence-electron chi connectivity index (χ1n) is 13.9. The number of rotatable bonds is 7. The average molecular weight is 523 g/mol. The molecule has 4 heterocycles. The van der Waals surface area contributed by atoms with Crippen molar-refractivity contribution in [3.63, 3.8) is 0 Å². The minimum atomic E-state index is -1.27. The lowest BCUT2D eigenvalue weighted by molar-refractivity contribution is -0.160. The number of esters is 1.